The van der Waals surface area contributed by atoms with Crippen LogP contribution in [0.1, 0.15) is 17.3 Å². The lowest BCUT2D eigenvalue weighted by Gasteiger charge is -1.97. The average molecular weight is 250 g/mol. The quantitative estimate of drug-likeness (QED) is 0.622. The lowest BCUT2D eigenvalue weighted by Crippen LogP contribution is -2.07. The fraction of sp³-hybridized carbons (Fsp3) is 0.0667. The maximum Gasteiger partial charge on any atom is 0.280 e. The van der Waals surface area contributed by atoms with Crippen LogP contribution in [0.3, 0.4) is 0 Å². The minimum Gasteiger partial charge on any atom is -0.294 e. The van der Waals surface area contributed by atoms with Gasteiger partial charge in [-0.05, 0) is 25.1 Å². The number of para-hydroxylation sites is 2. The predicted molar refractivity (Wildman–Crippen MR) is 73.3 cm³/mol. The lowest BCUT2D eigenvalue weighted by molar-refractivity contribution is 0.101. The Bertz CT molecular complexity index is 872. The van der Waals surface area contributed by atoms with E-state index in [2.05, 4.69) is 9.97 Å². The van der Waals surface area contributed by atoms with Gasteiger partial charge in [-0.1, -0.05) is 24.3 Å². The standard InChI is InChI=1S/C15H10N2O2/c1-9(18)10-5-4-8-13-14(10)15(19)17-12-7-3-2-6-11(12)16-13/h2-8H,1H3. The molecule has 1 aromatic heterocycles. The maximum absolute atomic E-state index is 12.2. The van der Waals surface area contributed by atoms with Crippen LogP contribution in [0.2, 0.25) is 0 Å². The van der Waals surface area contributed by atoms with Crippen LogP contribution in [0, 0.1) is 0 Å². The first-order valence-corrected chi connectivity index (χ1v) is 5.87. The molecule has 0 saturated heterocycles. The Kier molecular flexibility index (Phi) is 2.56. The molecule has 0 fully saturated rings. The van der Waals surface area contributed by atoms with E-state index in [0.29, 0.717) is 22.1 Å². The number of carbonyl (C=O) groups excluding carboxylic acids is 1. The van der Waals surface area contributed by atoms with Crippen molar-refractivity contribution in [1.82, 2.24) is 9.97 Å². The van der Waals surface area contributed by atoms with E-state index in [1.807, 2.05) is 6.07 Å². The number of hydrogen-bond acceptors (Lipinski definition) is 4. The van der Waals surface area contributed by atoms with Gasteiger partial charge in [-0.15, -0.1) is 0 Å². The highest BCUT2D eigenvalue weighted by atomic mass is 16.1. The van der Waals surface area contributed by atoms with Crippen LogP contribution in [0.4, 0.5) is 0 Å². The number of aromatic nitrogens is 2. The third-order valence-corrected chi connectivity index (χ3v) is 2.98. The molecule has 3 aromatic rings. The Balaban J connectivity index is 2.62. The van der Waals surface area contributed by atoms with Gasteiger partial charge in [-0.2, -0.15) is 0 Å². The number of nitrogens with zero attached hydrogens (tertiary/aromatic N) is 2. The van der Waals surface area contributed by atoms with Gasteiger partial charge < -0.3 is 0 Å². The SMILES string of the molecule is CC(=O)c1cccc2nc3ccccc3nc(=O)c12. The highest BCUT2D eigenvalue weighted by molar-refractivity contribution is 6.06. The van der Waals surface area contributed by atoms with Gasteiger partial charge in [0.1, 0.15) is 0 Å². The highest BCUT2D eigenvalue weighted by Crippen LogP contribution is 2.15. The summed E-state index contributed by atoms with van der Waals surface area (Å²) in [5, 5.41) is 0.284. The summed E-state index contributed by atoms with van der Waals surface area (Å²) in [6.45, 7) is 1.43. The summed E-state index contributed by atoms with van der Waals surface area (Å²) in [5.41, 5.74) is 1.59. The molecular weight excluding hydrogens is 240 g/mol. The number of Topliss-reactive ketones (excluding diaryl/α,β-unsaturated/α-hetero) is 1. The van der Waals surface area contributed by atoms with Crippen molar-refractivity contribution in [2.75, 3.05) is 0 Å². The molecular formula is C15H10N2O2. The number of carbonyl (C=O) groups is 1. The predicted octanol–water partition coefficient (Wildman–Crippen LogP) is 2.35. The van der Waals surface area contributed by atoms with Gasteiger partial charge in [0.05, 0.1) is 21.9 Å². The summed E-state index contributed by atoms with van der Waals surface area (Å²) < 4.78 is 0. The normalized spacial score (nSPS) is 10.8. The van der Waals surface area contributed by atoms with E-state index in [1.165, 1.54) is 6.92 Å². The van der Waals surface area contributed by atoms with Crippen molar-refractivity contribution >= 4 is 27.7 Å². The zero-order chi connectivity index (χ0) is 13.4. The second-order valence-electron chi connectivity index (χ2n) is 4.27. The van der Waals surface area contributed by atoms with Crippen LogP contribution in [-0.4, -0.2) is 15.8 Å². The third-order valence-electron chi connectivity index (χ3n) is 2.98. The van der Waals surface area contributed by atoms with Crippen LogP contribution >= 0.6 is 0 Å². The second kappa shape index (κ2) is 4.24. The first-order chi connectivity index (χ1) is 9.16. The number of hydrogen-bond donors (Lipinski definition) is 0. The smallest absolute Gasteiger partial charge is 0.280 e. The van der Waals surface area contributed by atoms with Crippen molar-refractivity contribution in [2.45, 2.75) is 6.92 Å². The van der Waals surface area contributed by atoms with Crippen LogP contribution in [0.5, 0.6) is 0 Å². The van der Waals surface area contributed by atoms with E-state index in [4.69, 9.17) is 0 Å². The van der Waals surface area contributed by atoms with E-state index < -0.39 is 5.56 Å². The molecule has 0 spiro atoms. The van der Waals surface area contributed by atoms with Gasteiger partial charge in [0.25, 0.3) is 5.56 Å². The van der Waals surface area contributed by atoms with Crippen molar-refractivity contribution in [3.05, 3.63) is 58.4 Å². The Hall–Kier alpha value is -2.62. The topological polar surface area (TPSA) is 59.9 Å². The first-order valence-electron chi connectivity index (χ1n) is 5.87. The summed E-state index contributed by atoms with van der Waals surface area (Å²) in [5.74, 6) is -0.165. The molecule has 0 amide bonds. The molecule has 4 heteroatoms. The minimum absolute atomic E-state index is 0.165. The van der Waals surface area contributed by atoms with Crippen LogP contribution in [0.25, 0.3) is 21.9 Å². The molecule has 0 N–H and O–H groups in total. The summed E-state index contributed by atoms with van der Waals surface area (Å²) in [6, 6.07) is 12.2. The van der Waals surface area contributed by atoms with Gasteiger partial charge in [0.2, 0.25) is 0 Å². The van der Waals surface area contributed by atoms with Crippen LogP contribution in [0.15, 0.2) is 47.3 Å². The third kappa shape index (κ3) is 1.87. The minimum atomic E-state index is -0.422. The molecule has 1 heterocycles. The summed E-state index contributed by atoms with van der Waals surface area (Å²) in [6.07, 6.45) is 0. The van der Waals surface area contributed by atoms with E-state index in [1.54, 1.807) is 36.4 Å². The van der Waals surface area contributed by atoms with Gasteiger partial charge in [-0.25, -0.2) is 9.97 Å². The fourth-order valence-electron chi connectivity index (χ4n) is 2.10. The van der Waals surface area contributed by atoms with Crippen molar-refractivity contribution in [3.63, 3.8) is 0 Å². The van der Waals surface area contributed by atoms with Crippen LogP contribution in [-0.2, 0) is 0 Å². The van der Waals surface area contributed by atoms with Crippen molar-refractivity contribution in [3.8, 4) is 0 Å². The Morgan fingerprint density at radius 2 is 1.53 bits per heavy atom. The van der Waals surface area contributed by atoms with E-state index >= 15 is 0 Å². The molecule has 92 valence electrons. The van der Waals surface area contributed by atoms with Crippen molar-refractivity contribution in [1.29, 1.82) is 0 Å². The molecule has 0 radical (unpaired) electrons. The van der Waals surface area contributed by atoms with Gasteiger partial charge in [-0.3, -0.25) is 9.59 Å². The zero-order valence-electron chi connectivity index (χ0n) is 10.3. The lowest BCUT2D eigenvalue weighted by atomic mass is 10.1. The number of rotatable bonds is 1. The van der Waals surface area contributed by atoms with Crippen molar-refractivity contribution < 1.29 is 4.79 Å². The maximum atomic E-state index is 12.2. The Morgan fingerprint density at radius 3 is 2.21 bits per heavy atom. The number of fused-ring (bicyclic) bond motifs is 2. The number of ketones is 1. The fourth-order valence-corrected chi connectivity index (χ4v) is 2.10. The molecule has 0 saturated carbocycles. The first kappa shape index (κ1) is 11.5. The average Bonchev–Trinajstić information content (AvgIpc) is 2.54. The molecule has 3 rings (SSSR count). The van der Waals surface area contributed by atoms with Gasteiger partial charge in [0.15, 0.2) is 5.78 Å². The molecule has 0 aliphatic heterocycles. The molecule has 0 bridgehead atoms. The largest absolute Gasteiger partial charge is 0.294 e. The monoisotopic (exact) mass is 250 g/mol. The summed E-state index contributed by atoms with van der Waals surface area (Å²) in [7, 11) is 0. The van der Waals surface area contributed by atoms with Gasteiger partial charge in [0, 0.05) is 5.56 Å². The van der Waals surface area contributed by atoms with E-state index in [-0.39, 0.29) is 11.2 Å². The van der Waals surface area contributed by atoms with Crippen LogP contribution < -0.4 is 5.56 Å². The van der Waals surface area contributed by atoms with E-state index in [9.17, 15) is 9.59 Å². The molecule has 2 aromatic carbocycles. The summed E-state index contributed by atoms with van der Waals surface area (Å²) in [4.78, 5) is 32.3. The molecule has 0 atom stereocenters. The number of benzene rings is 2. The van der Waals surface area contributed by atoms with E-state index in [0.717, 1.165) is 0 Å². The molecule has 0 aliphatic rings. The molecule has 19 heavy (non-hydrogen) atoms. The Morgan fingerprint density at radius 1 is 0.895 bits per heavy atom. The Labute approximate surface area is 108 Å². The zero-order valence-corrected chi connectivity index (χ0v) is 10.3. The molecule has 4 nitrogen and oxygen atoms in total. The molecule has 0 unspecified atom stereocenters. The summed E-state index contributed by atoms with van der Waals surface area (Å²) >= 11 is 0. The van der Waals surface area contributed by atoms with Crippen molar-refractivity contribution in [2.24, 2.45) is 0 Å². The second-order valence-corrected chi connectivity index (χ2v) is 4.27. The van der Waals surface area contributed by atoms with Gasteiger partial charge >= 0.3 is 0 Å². The molecule has 0 aliphatic carbocycles. The highest BCUT2D eigenvalue weighted by Gasteiger charge is 2.10.